The van der Waals surface area contributed by atoms with Crippen molar-refractivity contribution in [2.45, 2.75) is 26.2 Å². The van der Waals surface area contributed by atoms with E-state index in [9.17, 15) is 9.59 Å². The summed E-state index contributed by atoms with van der Waals surface area (Å²) in [5, 5.41) is 3.01. The van der Waals surface area contributed by atoms with Crippen LogP contribution in [0.2, 0.25) is 0 Å². The molecule has 1 aromatic heterocycles. The lowest BCUT2D eigenvalue weighted by Crippen LogP contribution is -2.30. The number of carbonyl (C=O) groups is 2. The van der Waals surface area contributed by atoms with Crippen molar-refractivity contribution in [1.82, 2.24) is 9.55 Å². The van der Waals surface area contributed by atoms with Crippen molar-refractivity contribution in [3.63, 3.8) is 0 Å². The van der Waals surface area contributed by atoms with Crippen LogP contribution in [-0.4, -0.2) is 34.5 Å². The quantitative estimate of drug-likeness (QED) is 0.459. The first-order valence-electron chi connectivity index (χ1n) is 11.6. The number of fused-ring (bicyclic) bond motifs is 1. The number of benzene rings is 3. The number of imidazole rings is 1. The minimum atomic E-state index is -0.524. The zero-order valence-electron chi connectivity index (χ0n) is 19.1. The van der Waals surface area contributed by atoms with Gasteiger partial charge in [-0.05, 0) is 74.7 Å². The van der Waals surface area contributed by atoms with Crippen LogP contribution in [0.5, 0.6) is 0 Å². The summed E-state index contributed by atoms with van der Waals surface area (Å²) >= 11 is 0. The van der Waals surface area contributed by atoms with Crippen molar-refractivity contribution >= 4 is 34.2 Å². The highest BCUT2D eigenvalue weighted by Crippen LogP contribution is 2.30. The molecule has 0 unspecified atom stereocenters. The molecule has 0 aliphatic carbocycles. The standard InChI is InChI=1S/C27H27N5O2/c1-18-29-23-17-20(11-13-25(23)32(18)21-8-4-2-5-9-21)27(34)30-22-16-19(26(28)33)10-12-24(22)31-14-6-3-7-15-31/h2,4-5,8-13,16-17H,3,6-7,14-15H2,1H3,(H2,28,33)(H,30,34). The number of nitrogens with one attached hydrogen (secondary N) is 1. The molecule has 4 aromatic rings. The van der Waals surface area contributed by atoms with Crippen LogP contribution >= 0.6 is 0 Å². The van der Waals surface area contributed by atoms with Gasteiger partial charge < -0.3 is 16.0 Å². The lowest BCUT2D eigenvalue weighted by Gasteiger charge is -2.30. The molecule has 0 spiro atoms. The molecule has 1 aliphatic rings. The van der Waals surface area contributed by atoms with Gasteiger partial charge in [0.1, 0.15) is 5.82 Å². The van der Waals surface area contributed by atoms with Gasteiger partial charge in [0.25, 0.3) is 5.91 Å². The summed E-state index contributed by atoms with van der Waals surface area (Å²) in [4.78, 5) is 32.0. The maximum atomic E-state index is 13.3. The summed E-state index contributed by atoms with van der Waals surface area (Å²) in [5.74, 6) is 0.0676. The van der Waals surface area contributed by atoms with E-state index < -0.39 is 5.91 Å². The van der Waals surface area contributed by atoms with Crippen molar-refractivity contribution in [1.29, 1.82) is 0 Å². The average molecular weight is 454 g/mol. The number of hydrogen-bond donors (Lipinski definition) is 2. The third-order valence-corrected chi connectivity index (χ3v) is 6.32. The predicted octanol–water partition coefficient (Wildman–Crippen LogP) is 4.68. The number of primary amides is 1. The fourth-order valence-electron chi connectivity index (χ4n) is 4.64. The topological polar surface area (TPSA) is 93.2 Å². The number of nitrogens with two attached hydrogens (primary N) is 1. The monoisotopic (exact) mass is 453 g/mol. The lowest BCUT2D eigenvalue weighted by atomic mass is 10.1. The number of rotatable bonds is 5. The van der Waals surface area contributed by atoms with E-state index >= 15 is 0 Å². The van der Waals surface area contributed by atoms with Crippen LogP contribution in [0.1, 0.15) is 45.8 Å². The number of amides is 2. The van der Waals surface area contributed by atoms with Crippen LogP contribution in [0.15, 0.2) is 66.7 Å². The molecular weight excluding hydrogens is 426 g/mol. The molecule has 7 heteroatoms. The first-order chi connectivity index (χ1) is 16.5. The van der Waals surface area contributed by atoms with Gasteiger partial charge in [0, 0.05) is 29.9 Å². The molecule has 7 nitrogen and oxygen atoms in total. The summed E-state index contributed by atoms with van der Waals surface area (Å²) in [6.45, 7) is 3.79. The molecule has 0 radical (unpaired) electrons. The second kappa shape index (κ2) is 9.02. The Hall–Kier alpha value is -4.13. The van der Waals surface area contributed by atoms with Crippen LogP contribution in [0.25, 0.3) is 16.7 Å². The molecular formula is C27H27N5O2. The van der Waals surface area contributed by atoms with Gasteiger partial charge in [-0.15, -0.1) is 0 Å². The van der Waals surface area contributed by atoms with E-state index in [1.807, 2.05) is 49.4 Å². The van der Waals surface area contributed by atoms with Crippen molar-refractivity contribution in [3.8, 4) is 5.69 Å². The van der Waals surface area contributed by atoms with Crippen molar-refractivity contribution in [2.75, 3.05) is 23.3 Å². The minimum Gasteiger partial charge on any atom is -0.370 e. The molecule has 1 fully saturated rings. The van der Waals surface area contributed by atoms with E-state index in [1.54, 1.807) is 24.3 Å². The Balaban J connectivity index is 1.48. The highest BCUT2D eigenvalue weighted by atomic mass is 16.2. The number of para-hydroxylation sites is 1. The molecule has 34 heavy (non-hydrogen) atoms. The average Bonchev–Trinajstić information content (AvgIpc) is 3.19. The van der Waals surface area contributed by atoms with Gasteiger partial charge in [0.15, 0.2) is 0 Å². The van der Waals surface area contributed by atoms with Crippen LogP contribution in [0, 0.1) is 6.92 Å². The fraction of sp³-hybridized carbons (Fsp3) is 0.222. The van der Waals surface area contributed by atoms with Gasteiger partial charge in [0.05, 0.1) is 22.4 Å². The summed E-state index contributed by atoms with van der Waals surface area (Å²) in [7, 11) is 0. The Morgan fingerprint density at radius 1 is 0.912 bits per heavy atom. The summed E-state index contributed by atoms with van der Waals surface area (Å²) < 4.78 is 2.07. The summed E-state index contributed by atoms with van der Waals surface area (Å²) in [6.07, 6.45) is 3.41. The molecule has 3 N–H and O–H groups in total. The second-order valence-corrected chi connectivity index (χ2v) is 8.63. The molecule has 0 saturated carbocycles. The van der Waals surface area contributed by atoms with E-state index in [0.717, 1.165) is 54.2 Å². The molecule has 172 valence electrons. The van der Waals surface area contributed by atoms with Crippen molar-refractivity contribution < 1.29 is 9.59 Å². The van der Waals surface area contributed by atoms with E-state index in [0.29, 0.717) is 16.8 Å². The molecule has 3 aromatic carbocycles. The molecule has 5 rings (SSSR count). The number of aromatic nitrogens is 2. The molecule has 1 saturated heterocycles. The van der Waals surface area contributed by atoms with Crippen LogP contribution in [-0.2, 0) is 0 Å². The van der Waals surface area contributed by atoms with Crippen LogP contribution in [0.4, 0.5) is 11.4 Å². The Labute approximate surface area is 198 Å². The van der Waals surface area contributed by atoms with E-state index in [-0.39, 0.29) is 5.91 Å². The van der Waals surface area contributed by atoms with E-state index in [1.165, 1.54) is 6.42 Å². The lowest BCUT2D eigenvalue weighted by molar-refractivity contribution is 0.0996. The maximum Gasteiger partial charge on any atom is 0.255 e. The van der Waals surface area contributed by atoms with Crippen molar-refractivity contribution in [3.05, 3.63) is 83.7 Å². The zero-order chi connectivity index (χ0) is 23.7. The molecule has 0 bridgehead atoms. The molecule has 0 atom stereocenters. The Bertz CT molecular complexity index is 1370. The second-order valence-electron chi connectivity index (χ2n) is 8.63. The van der Waals surface area contributed by atoms with E-state index in [2.05, 4.69) is 19.8 Å². The summed E-state index contributed by atoms with van der Waals surface area (Å²) in [5.41, 5.74) is 10.6. The van der Waals surface area contributed by atoms with Crippen LogP contribution < -0.4 is 16.0 Å². The first-order valence-corrected chi connectivity index (χ1v) is 11.6. The molecule has 1 aliphatic heterocycles. The highest BCUT2D eigenvalue weighted by molar-refractivity contribution is 6.08. The van der Waals surface area contributed by atoms with Gasteiger partial charge in [-0.1, -0.05) is 18.2 Å². The SMILES string of the molecule is Cc1nc2cc(C(=O)Nc3cc(C(N)=O)ccc3N3CCCCC3)ccc2n1-c1ccccc1. The Morgan fingerprint density at radius 2 is 1.65 bits per heavy atom. The van der Waals surface area contributed by atoms with Crippen LogP contribution in [0.3, 0.4) is 0 Å². The molecule has 2 heterocycles. The van der Waals surface area contributed by atoms with Gasteiger partial charge in [-0.25, -0.2) is 4.98 Å². The normalized spacial score (nSPS) is 13.7. The maximum absolute atomic E-state index is 13.3. The van der Waals surface area contributed by atoms with E-state index in [4.69, 9.17) is 5.73 Å². The number of hydrogen-bond acceptors (Lipinski definition) is 4. The van der Waals surface area contributed by atoms with Gasteiger partial charge in [-0.2, -0.15) is 0 Å². The first kappa shape index (κ1) is 21.7. The number of nitrogens with zero attached hydrogens (tertiary/aromatic N) is 3. The zero-order valence-corrected chi connectivity index (χ0v) is 19.1. The smallest absolute Gasteiger partial charge is 0.255 e. The number of carbonyl (C=O) groups excluding carboxylic acids is 2. The van der Waals surface area contributed by atoms with Gasteiger partial charge in [0.2, 0.25) is 5.91 Å². The van der Waals surface area contributed by atoms with Gasteiger partial charge in [-0.3, -0.25) is 14.2 Å². The number of aryl methyl sites for hydroxylation is 1. The largest absolute Gasteiger partial charge is 0.370 e. The number of piperidine rings is 1. The molecule has 2 amide bonds. The Kier molecular flexibility index (Phi) is 5.76. The number of anilines is 2. The fourth-order valence-corrected chi connectivity index (χ4v) is 4.64. The third kappa shape index (κ3) is 4.12. The summed E-state index contributed by atoms with van der Waals surface area (Å²) in [6, 6.07) is 20.8. The predicted molar refractivity (Wildman–Crippen MR) is 135 cm³/mol. The minimum absolute atomic E-state index is 0.256. The van der Waals surface area contributed by atoms with Gasteiger partial charge >= 0.3 is 0 Å². The Morgan fingerprint density at radius 3 is 2.38 bits per heavy atom. The van der Waals surface area contributed by atoms with Crippen molar-refractivity contribution in [2.24, 2.45) is 5.73 Å². The third-order valence-electron chi connectivity index (χ3n) is 6.32. The highest BCUT2D eigenvalue weighted by Gasteiger charge is 2.19.